The van der Waals surface area contributed by atoms with Crippen LogP contribution in [0.15, 0.2) is 83.9 Å². The topological polar surface area (TPSA) is 59.6 Å². The highest BCUT2D eigenvalue weighted by Gasteiger charge is 2.11. The van der Waals surface area contributed by atoms with Gasteiger partial charge in [0.1, 0.15) is 0 Å². The number of aromatic nitrogens is 2. The Morgan fingerprint density at radius 1 is 1.00 bits per heavy atom. The Bertz CT molecular complexity index is 1160. The Labute approximate surface area is 175 Å². The van der Waals surface area contributed by atoms with Gasteiger partial charge in [0, 0.05) is 17.8 Å². The van der Waals surface area contributed by atoms with Gasteiger partial charge >= 0.3 is 0 Å². The largest absolute Gasteiger partial charge is 0.504 e. The highest BCUT2D eigenvalue weighted by atomic mass is 16.5. The fourth-order valence-electron chi connectivity index (χ4n) is 3.11. The number of para-hydroxylation sites is 1. The number of benzene rings is 3. The van der Waals surface area contributed by atoms with E-state index in [9.17, 15) is 5.11 Å². The molecule has 0 aliphatic rings. The number of hydrogen-bond donors (Lipinski definition) is 1. The molecule has 0 amide bonds. The van der Waals surface area contributed by atoms with Gasteiger partial charge in [-0.15, -0.1) is 0 Å². The minimum atomic E-state index is 0.116. The zero-order valence-electron chi connectivity index (χ0n) is 17.0. The van der Waals surface area contributed by atoms with Gasteiger partial charge in [-0.25, -0.2) is 9.67 Å². The van der Waals surface area contributed by atoms with Crippen LogP contribution in [0.4, 0.5) is 5.82 Å². The van der Waals surface area contributed by atoms with E-state index in [2.05, 4.69) is 36.2 Å². The summed E-state index contributed by atoms with van der Waals surface area (Å²) in [6.07, 6.45) is 1.75. The van der Waals surface area contributed by atoms with Gasteiger partial charge < -0.3 is 9.84 Å². The molecule has 1 N–H and O–H groups in total. The normalized spacial score (nSPS) is 11.1. The van der Waals surface area contributed by atoms with Gasteiger partial charge in [0.15, 0.2) is 17.3 Å². The number of aromatic hydroxyl groups is 1. The quantitative estimate of drug-likeness (QED) is 0.424. The molecule has 1 heterocycles. The summed E-state index contributed by atoms with van der Waals surface area (Å²) < 4.78 is 7.29. The smallest absolute Gasteiger partial charge is 0.161 e. The van der Waals surface area contributed by atoms with Gasteiger partial charge in [-0.3, -0.25) is 0 Å². The maximum Gasteiger partial charge on any atom is 0.161 e. The molecule has 150 valence electrons. The zero-order chi connectivity index (χ0) is 20.9. The van der Waals surface area contributed by atoms with Gasteiger partial charge in [0.2, 0.25) is 0 Å². The lowest BCUT2D eigenvalue weighted by atomic mass is 10.1. The number of nitrogens with zero attached hydrogens (tertiary/aromatic N) is 3. The van der Waals surface area contributed by atoms with Crippen LogP contribution in [-0.2, 0) is 0 Å². The summed E-state index contributed by atoms with van der Waals surface area (Å²) in [4.78, 5) is 4.69. The molecule has 0 saturated carbocycles. The van der Waals surface area contributed by atoms with Crippen molar-refractivity contribution in [2.75, 3.05) is 6.61 Å². The molecule has 0 fully saturated rings. The van der Waals surface area contributed by atoms with Crippen LogP contribution in [0.1, 0.15) is 18.1 Å². The van der Waals surface area contributed by atoms with Gasteiger partial charge in [0.05, 0.1) is 18.0 Å². The molecule has 5 heteroatoms. The molecule has 4 aromatic rings. The third-order valence-corrected chi connectivity index (χ3v) is 4.67. The van der Waals surface area contributed by atoms with Crippen molar-refractivity contribution in [1.82, 2.24) is 9.78 Å². The first-order valence-electron chi connectivity index (χ1n) is 9.86. The molecule has 0 aliphatic carbocycles. The average Bonchev–Trinajstić information content (AvgIpc) is 3.20. The summed E-state index contributed by atoms with van der Waals surface area (Å²) in [5.41, 5.74) is 4.86. The zero-order valence-corrected chi connectivity index (χ0v) is 17.0. The molecule has 0 aliphatic heterocycles. The molecular weight excluding hydrogens is 374 g/mol. The predicted octanol–water partition coefficient (Wildman–Crippen LogP) is 5.70. The van der Waals surface area contributed by atoms with E-state index in [-0.39, 0.29) is 5.75 Å². The monoisotopic (exact) mass is 397 g/mol. The summed E-state index contributed by atoms with van der Waals surface area (Å²) in [5.74, 6) is 1.27. The van der Waals surface area contributed by atoms with Gasteiger partial charge in [-0.2, -0.15) is 5.10 Å². The Balaban J connectivity index is 1.73. The molecule has 0 unspecified atom stereocenters. The van der Waals surface area contributed by atoms with Crippen molar-refractivity contribution < 1.29 is 9.84 Å². The van der Waals surface area contributed by atoms with Gasteiger partial charge in [-0.1, -0.05) is 48.0 Å². The fraction of sp³-hybridized carbons (Fsp3) is 0.120. The van der Waals surface area contributed by atoms with Crippen molar-refractivity contribution in [3.63, 3.8) is 0 Å². The van der Waals surface area contributed by atoms with Crippen molar-refractivity contribution in [2.45, 2.75) is 13.8 Å². The standard InChI is InChI=1S/C25H23N3O2/c1-3-30-24-15-19(11-14-23(24)29)17-26-25-16-22(20-12-9-18(2)10-13-20)27-28(25)21-7-5-4-6-8-21/h4-17,29H,3H2,1-2H3/b26-17+. The van der Waals surface area contributed by atoms with Crippen LogP contribution in [0.3, 0.4) is 0 Å². The number of aliphatic imine (C=N–C) groups is 1. The molecule has 0 bridgehead atoms. The summed E-state index contributed by atoms with van der Waals surface area (Å²) in [7, 11) is 0. The second kappa shape index (κ2) is 8.66. The summed E-state index contributed by atoms with van der Waals surface area (Å²) in [5, 5.41) is 14.7. The van der Waals surface area contributed by atoms with Crippen molar-refractivity contribution in [2.24, 2.45) is 4.99 Å². The molecular formula is C25H23N3O2. The molecule has 4 rings (SSSR count). The molecule has 3 aromatic carbocycles. The van der Waals surface area contributed by atoms with E-state index in [1.807, 2.05) is 48.0 Å². The Morgan fingerprint density at radius 2 is 1.77 bits per heavy atom. The summed E-state index contributed by atoms with van der Waals surface area (Å²) in [6, 6.07) is 25.4. The van der Waals surface area contributed by atoms with E-state index >= 15 is 0 Å². The number of ether oxygens (including phenoxy) is 1. The van der Waals surface area contributed by atoms with Crippen LogP contribution in [0.25, 0.3) is 16.9 Å². The molecule has 1 aromatic heterocycles. The molecule has 0 saturated heterocycles. The third kappa shape index (κ3) is 4.25. The SMILES string of the molecule is CCOc1cc(/C=N/c2cc(-c3ccc(C)cc3)nn2-c2ccccc2)ccc1O. The number of hydrogen-bond acceptors (Lipinski definition) is 4. The predicted molar refractivity (Wildman–Crippen MR) is 120 cm³/mol. The first kappa shape index (κ1) is 19.5. The van der Waals surface area contributed by atoms with E-state index in [1.54, 1.807) is 24.4 Å². The van der Waals surface area contributed by atoms with Crippen molar-refractivity contribution in [3.8, 4) is 28.4 Å². The van der Waals surface area contributed by atoms with Crippen LogP contribution in [-0.4, -0.2) is 27.7 Å². The van der Waals surface area contributed by atoms with Crippen LogP contribution in [0, 0.1) is 6.92 Å². The van der Waals surface area contributed by atoms with Gasteiger partial charge in [0.25, 0.3) is 0 Å². The highest BCUT2D eigenvalue weighted by Crippen LogP contribution is 2.28. The molecule has 5 nitrogen and oxygen atoms in total. The lowest BCUT2D eigenvalue weighted by Gasteiger charge is -2.06. The Morgan fingerprint density at radius 3 is 2.50 bits per heavy atom. The number of phenolic OH excluding ortho intramolecular Hbond substituents is 1. The summed E-state index contributed by atoms with van der Waals surface area (Å²) in [6.45, 7) is 4.43. The molecule has 0 spiro atoms. The second-order valence-corrected chi connectivity index (χ2v) is 6.92. The van der Waals surface area contributed by atoms with E-state index in [0.29, 0.717) is 18.2 Å². The fourth-order valence-corrected chi connectivity index (χ4v) is 3.11. The van der Waals surface area contributed by atoms with Crippen molar-refractivity contribution >= 4 is 12.0 Å². The minimum Gasteiger partial charge on any atom is -0.504 e. The maximum atomic E-state index is 9.91. The number of phenols is 1. The highest BCUT2D eigenvalue weighted by molar-refractivity contribution is 5.83. The van der Waals surface area contributed by atoms with E-state index in [4.69, 9.17) is 9.84 Å². The lowest BCUT2D eigenvalue weighted by molar-refractivity contribution is 0.318. The van der Waals surface area contributed by atoms with Crippen LogP contribution in [0.2, 0.25) is 0 Å². The van der Waals surface area contributed by atoms with Crippen LogP contribution >= 0.6 is 0 Å². The number of aryl methyl sites for hydroxylation is 1. The molecule has 0 atom stereocenters. The van der Waals surface area contributed by atoms with E-state index in [0.717, 1.165) is 22.5 Å². The first-order chi connectivity index (χ1) is 14.6. The van der Waals surface area contributed by atoms with E-state index in [1.165, 1.54) is 5.56 Å². The average molecular weight is 397 g/mol. The Kier molecular flexibility index (Phi) is 5.61. The number of rotatable bonds is 6. The third-order valence-electron chi connectivity index (χ3n) is 4.67. The first-order valence-corrected chi connectivity index (χ1v) is 9.86. The van der Waals surface area contributed by atoms with Gasteiger partial charge in [-0.05, 0) is 49.7 Å². The maximum absolute atomic E-state index is 9.91. The van der Waals surface area contributed by atoms with Crippen LogP contribution in [0.5, 0.6) is 11.5 Å². The van der Waals surface area contributed by atoms with Crippen molar-refractivity contribution in [3.05, 3.63) is 90.0 Å². The second-order valence-electron chi connectivity index (χ2n) is 6.92. The van der Waals surface area contributed by atoms with E-state index < -0.39 is 0 Å². The van der Waals surface area contributed by atoms with Crippen molar-refractivity contribution in [1.29, 1.82) is 0 Å². The molecule has 0 radical (unpaired) electrons. The molecule has 30 heavy (non-hydrogen) atoms. The lowest BCUT2D eigenvalue weighted by Crippen LogP contribution is -1.96. The Hall–Kier alpha value is -3.86. The van der Waals surface area contributed by atoms with Crippen LogP contribution < -0.4 is 4.74 Å². The summed E-state index contributed by atoms with van der Waals surface area (Å²) >= 11 is 0. The minimum absolute atomic E-state index is 0.116.